The number of anilines is 3. The molecular formula is C17H17F3N6. The number of aromatic nitrogens is 4. The fourth-order valence-corrected chi connectivity index (χ4v) is 3.30. The Labute approximate surface area is 147 Å². The smallest absolute Gasteiger partial charge is 0.368 e. The first-order valence-electron chi connectivity index (χ1n) is 8.22. The van der Waals surface area contributed by atoms with Crippen LogP contribution < -0.4 is 11.1 Å². The van der Waals surface area contributed by atoms with Crippen LogP contribution in [0.5, 0.6) is 0 Å². The summed E-state index contributed by atoms with van der Waals surface area (Å²) in [6.07, 6.45) is 0.0459. The van der Waals surface area contributed by atoms with E-state index in [9.17, 15) is 13.2 Å². The highest BCUT2D eigenvalue weighted by Crippen LogP contribution is 2.43. The summed E-state index contributed by atoms with van der Waals surface area (Å²) in [5.74, 6) is 0.564. The lowest BCUT2D eigenvalue weighted by Gasteiger charge is -2.40. The molecule has 0 radical (unpaired) electrons. The minimum absolute atomic E-state index is 0.132. The molecule has 1 saturated carbocycles. The van der Waals surface area contributed by atoms with Gasteiger partial charge in [0, 0.05) is 11.2 Å². The van der Waals surface area contributed by atoms with Crippen LogP contribution >= 0.6 is 0 Å². The van der Waals surface area contributed by atoms with Crippen molar-refractivity contribution in [3.63, 3.8) is 0 Å². The van der Waals surface area contributed by atoms with Crippen molar-refractivity contribution in [2.24, 2.45) is 0 Å². The van der Waals surface area contributed by atoms with E-state index in [0.29, 0.717) is 22.8 Å². The molecule has 0 unspecified atom stereocenters. The van der Waals surface area contributed by atoms with Gasteiger partial charge in [-0.3, -0.25) is 4.57 Å². The van der Waals surface area contributed by atoms with Crippen LogP contribution in [-0.2, 0) is 11.7 Å². The van der Waals surface area contributed by atoms with E-state index >= 15 is 0 Å². The molecule has 0 atom stereocenters. The number of fused-ring (bicyclic) bond motifs is 1. The fourth-order valence-electron chi connectivity index (χ4n) is 3.30. The van der Waals surface area contributed by atoms with Crippen LogP contribution in [0.1, 0.15) is 31.7 Å². The largest absolute Gasteiger partial charge is 0.416 e. The normalized spacial score (nSPS) is 16.5. The maximum absolute atomic E-state index is 13.0. The van der Waals surface area contributed by atoms with Crippen LogP contribution in [0, 0.1) is 0 Å². The molecule has 0 aliphatic heterocycles. The average molecular weight is 362 g/mol. The molecule has 6 nitrogen and oxygen atoms in total. The number of nitrogens with two attached hydrogens (primary N) is 1. The first-order valence-corrected chi connectivity index (χ1v) is 8.22. The molecule has 1 fully saturated rings. The van der Waals surface area contributed by atoms with Crippen LogP contribution in [-0.4, -0.2) is 19.5 Å². The zero-order valence-corrected chi connectivity index (χ0v) is 14.0. The van der Waals surface area contributed by atoms with E-state index < -0.39 is 11.7 Å². The Hall–Kier alpha value is -2.84. The third-order valence-corrected chi connectivity index (χ3v) is 4.84. The van der Waals surface area contributed by atoms with Gasteiger partial charge in [0.25, 0.3) is 0 Å². The first kappa shape index (κ1) is 16.6. The quantitative estimate of drug-likeness (QED) is 0.734. The molecule has 2 heterocycles. The topological polar surface area (TPSA) is 81.7 Å². The Balaban J connectivity index is 1.81. The Bertz CT molecular complexity index is 974. The molecular weight excluding hydrogens is 345 g/mol. The molecule has 4 rings (SSSR count). The second-order valence-corrected chi connectivity index (χ2v) is 6.76. The van der Waals surface area contributed by atoms with Crippen LogP contribution in [0.25, 0.3) is 11.2 Å². The summed E-state index contributed by atoms with van der Waals surface area (Å²) in [5, 5.41) is 3.01. The van der Waals surface area contributed by atoms with Crippen molar-refractivity contribution in [3.8, 4) is 0 Å². The monoisotopic (exact) mass is 362 g/mol. The van der Waals surface area contributed by atoms with Gasteiger partial charge in [0.2, 0.25) is 11.9 Å². The lowest BCUT2D eigenvalue weighted by Crippen LogP contribution is -2.38. The van der Waals surface area contributed by atoms with E-state index in [1.54, 1.807) is 6.07 Å². The Morgan fingerprint density at radius 1 is 1.23 bits per heavy atom. The van der Waals surface area contributed by atoms with Crippen LogP contribution in [0.3, 0.4) is 0 Å². The fraction of sp³-hybridized carbons (Fsp3) is 0.353. The lowest BCUT2D eigenvalue weighted by atomic mass is 9.78. The molecule has 1 aliphatic carbocycles. The minimum Gasteiger partial charge on any atom is -0.368 e. The SMILES string of the molecule is CC1(n2c(Nc3cccc(C(F)(F)F)c3)nc3cnc(N)nc32)CCC1. The summed E-state index contributed by atoms with van der Waals surface area (Å²) < 4.78 is 40.8. The van der Waals surface area contributed by atoms with Gasteiger partial charge in [-0.15, -0.1) is 0 Å². The van der Waals surface area contributed by atoms with Crippen molar-refractivity contribution in [3.05, 3.63) is 36.0 Å². The summed E-state index contributed by atoms with van der Waals surface area (Å²) >= 11 is 0. The van der Waals surface area contributed by atoms with Gasteiger partial charge in [-0.1, -0.05) is 6.07 Å². The summed E-state index contributed by atoms with van der Waals surface area (Å²) in [7, 11) is 0. The van der Waals surface area contributed by atoms with E-state index in [-0.39, 0.29) is 11.5 Å². The average Bonchev–Trinajstić information content (AvgIpc) is 2.89. The number of hydrogen-bond donors (Lipinski definition) is 2. The highest BCUT2D eigenvalue weighted by atomic mass is 19.4. The number of imidazole rings is 1. The number of benzene rings is 1. The molecule has 0 saturated heterocycles. The molecule has 136 valence electrons. The third kappa shape index (κ3) is 2.73. The van der Waals surface area contributed by atoms with E-state index in [1.807, 2.05) is 4.57 Å². The molecule has 26 heavy (non-hydrogen) atoms. The van der Waals surface area contributed by atoms with Crippen molar-refractivity contribution in [2.75, 3.05) is 11.1 Å². The Kier molecular flexibility index (Phi) is 3.57. The molecule has 3 N–H and O–H groups in total. The maximum Gasteiger partial charge on any atom is 0.416 e. The number of nitrogens with one attached hydrogen (secondary N) is 1. The van der Waals surface area contributed by atoms with E-state index in [1.165, 1.54) is 12.3 Å². The van der Waals surface area contributed by atoms with Crippen molar-refractivity contribution in [1.29, 1.82) is 0 Å². The van der Waals surface area contributed by atoms with Crippen LogP contribution in [0.15, 0.2) is 30.5 Å². The van der Waals surface area contributed by atoms with Gasteiger partial charge in [-0.25, -0.2) is 9.97 Å². The Morgan fingerprint density at radius 3 is 2.65 bits per heavy atom. The second-order valence-electron chi connectivity index (χ2n) is 6.76. The first-order chi connectivity index (χ1) is 12.3. The highest BCUT2D eigenvalue weighted by molar-refractivity contribution is 5.76. The van der Waals surface area contributed by atoms with Gasteiger partial charge in [0.15, 0.2) is 5.65 Å². The van der Waals surface area contributed by atoms with Crippen molar-refractivity contribution in [2.45, 2.75) is 37.9 Å². The summed E-state index contributed by atoms with van der Waals surface area (Å²) in [6.45, 7) is 2.08. The van der Waals surface area contributed by atoms with Crippen molar-refractivity contribution < 1.29 is 13.2 Å². The van der Waals surface area contributed by atoms with Gasteiger partial charge in [0.05, 0.1) is 11.8 Å². The standard InChI is InChI=1S/C17H17F3N6/c1-16(6-3-7-16)26-13-12(9-22-14(21)25-13)24-15(26)23-11-5-2-4-10(8-11)17(18,19)20/h2,4-5,8-9H,3,6-7H2,1H3,(H,23,24)(H2,21,22,25). The zero-order chi connectivity index (χ0) is 18.5. The summed E-state index contributed by atoms with van der Waals surface area (Å²) in [6, 6.07) is 5.03. The predicted molar refractivity (Wildman–Crippen MR) is 92.0 cm³/mol. The van der Waals surface area contributed by atoms with Gasteiger partial charge in [-0.05, 0) is 44.4 Å². The minimum atomic E-state index is -4.41. The molecule has 2 aromatic heterocycles. The van der Waals surface area contributed by atoms with Gasteiger partial charge >= 0.3 is 6.18 Å². The number of halogens is 3. The lowest BCUT2D eigenvalue weighted by molar-refractivity contribution is -0.137. The Morgan fingerprint density at radius 2 is 2.00 bits per heavy atom. The predicted octanol–water partition coefficient (Wildman–Crippen LogP) is 4.07. The number of nitrogens with zero attached hydrogens (tertiary/aromatic N) is 4. The molecule has 0 spiro atoms. The number of rotatable bonds is 3. The number of nitrogen functional groups attached to an aromatic ring is 1. The molecule has 1 aromatic carbocycles. The molecule has 0 amide bonds. The zero-order valence-electron chi connectivity index (χ0n) is 14.0. The van der Waals surface area contributed by atoms with Crippen LogP contribution in [0.2, 0.25) is 0 Å². The van der Waals surface area contributed by atoms with Gasteiger partial charge in [0.1, 0.15) is 5.52 Å². The molecule has 0 bridgehead atoms. The molecule has 3 aromatic rings. The van der Waals surface area contributed by atoms with Crippen molar-refractivity contribution in [1.82, 2.24) is 19.5 Å². The number of hydrogen-bond acceptors (Lipinski definition) is 5. The van der Waals surface area contributed by atoms with E-state index in [2.05, 4.69) is 27.2 Å². The highest BCUT2D eigenvalue weighted by Gasteiger charge is 2.38. The van der Waals surface area contributed by atoms with Crippen LogP contribution in [0.4, 0.5) is 30.8 Å². The van der Waals surface area contributed by atoms with Gasteiger partial charge in [-0.2, -0.15) is 18.2 Å². The summed E-state index contributed by atoms with van der Waals surface area (Å²) in [4.78, 5) is 12.7. The maximum atomic E-state index is 13.0. The third-order valence-electron chi connectivity index (χ3n) is 4.84. The second kappa shape index (κ2) is 5.58. The van der Waals surface area contributed by atoms with Gasteiger partial charge < -0.3 is 11.1 Å². The number of alkyl halides is 3. The summed E-state index contributed by atoms with van der Waals surface area (Å²) in [5.41, 5.74) is 6.22. The molecule has 1 aliphatic rings. The van der Waals surface area contributed by atoms with E-state index in [4.69, 9.17) is 5.73 Å². The van der Waals surface area contributed by atoms with Crippen molar-refractivity contribution >= 4 is 28.7 Å². The molecule has 9 heteroatoms. The van der Waals surface area contributed by atoms with E-state index in [0.717, 1.165) is 31.4 Å².